The fourth-order valence-electron chi connectivity index (χ4n) is 4.60. The van der Waals surface area contributed by atoms with E-state index in [2.05, 4.69) is 79.3 Å². The highest BCUT2D eigenvalue weighted by molar-refractivity contribution is 6.06. The van der Waals surface area contributed by atoms with E-state index < -0.39 is 0 Å². The molecule has 1 heterocycles. The topological polar surface area (TPSA) is 26.8 Å². The minimum absolute atomic E-state index is 0.0950. The van der Waals surface area contributed by atoms with Crippen LogP contribution in [0.15, 0.2) is 78.9 Å². The van der Waals surface area contributed by atoms with Crippen molar-refractivity contribution >= 4 is 17.3 Å². The van der Waals surface area contributed by atoms with Crippen molar-refractivity contribution in [2.24, 2.45) is 0 Å². The third-order valence-corrected chi connectivity index (χ3v) is 6.64. The first-order valence-electron chi connectivity index (χ1n) is 12.0. The number of carbonyl (C=O) groups is 1. The SMILES string of the molecule is CCc1ccc(N(C(=O)c2ccccc2)C2CCN(Cc3ccc(N(C)C)cc3)CC2)cc1. The minimum atomic E-state index is 0.0950. The van der Waals surface area contributed by atoms with Gasteiger partial charge in [0, 0.05) is 56.7 Å². The molecule has 0 saturated carbocycles. The first-order chi connectivity index (χ1) is 16.0. The number of carbonyl (C=O) groups excluding carboxylic acids is 1. The Balaban J connectivity index is 1.47. The Morgan fingerprint density at radius 3 is 1.97 bits per heavy atom. The van der Waals surface area contributed by atoms with Crippen molar-refractivity contribution < 1.29 is 4.79 Å². The normalized spacial score (nSPS) is 14.8. The summed E-state index contributed by atoms with van der Waals surface area (Å²) in [6.07, 6.45) is 2.95. The second-order valence-corrected chi connectivity index (χ2v) is 9.13. The first kappa shape index (κ1) is 23.1. The Labute approximate surface area is 198 Å². The molecule has 4 nitrogen and oxygen atoms in total. The molecule has 4 rings (SSSR count). The maximum atomic E-state index is 13.6. The molecule has 0 radical (unpaired) electrons. The maximum Gasteiger partial charge on any atom is 0.258 e. The fourth-order valence-corrected chi connectivity index (χ4v) is 4.60. The minimum Gasteiger partial charge on any atom is -0.378 e. The van der Waals surface area contributed by atoms with Crippen LogP contribution < -0.4 is 9.80 Å². The van der Waals surface area contributed by atoms with Crippen LogP contribution >= 0.6 is 0 Å². The Hall–Kier alpha value is -3.11. The zero-order valence-corrected chi connectivity index (χ0v) is 20.1. The van der Waals surface area contributed by atoms with Crippen LogP contribution in [0, 0.1) is 0 Å². The summed E-state index contributed by atoms with van der Waals surface area (Å²) in [5.41, 5.74) is 5.60. The number of benzene rings is 3. The molecule has 1 amide bonds. The van der Waals surface area contributed by atoms with Crippen LogP contribution in [0.3, 0.4) is 0 Å². The van der Waals surface area contributed by atoms with Gasteiger partial charge in [0.25, 0.3) is 5.91 Å². The van der Waals surface area contributed by atoms with Gasteiger partial charge in [0.15, 0.2) is 0 Å². The van der Waals surface area contributed by atoms with Gasteiger partial charge in [-0.15, -0.1) is 0 Å². The van der Waals surface area contributed by atoms with Gasteiger partial charge in [0.05, 0.1) is 0 Å². The number of nitrogens with zero attached hydrogens (tertiary/aromatic N) is 3. The lowest BCUT2D eigenvalue weighted by atomic mass is 9.99. The molecule has 0 aliphatic carbocycles. The Morgan fingerprint density at radius 2 is 1.39 bits per heavy atom. The maximum absolute atomic E-state index is 13.6. The number of hydrogen-bond acceptors (Lipinski definition) is 3. The highest BCUT2D eigenvalue weighted by Gasteiger charge is 2.30. The summed E-state index contributed by atoms with van der Waals surface area (Å²) in [5.74, 6) is 0.0950. The number of aryl methyl sites for hydroxylation is 1. The number of rotatable bonds is 7. The van der Waals surface area contributed by atoms with E-state index in [-0.39, 0.29) is 11.9 Å². The van der Waals surface area contributed by atoms with Gasteiger partial charge < -0.3 is 9.80 Å². The van der Waals surface area contributed by atoms with Crippen LogP contribution in [-0.4, -0.2) is 44.0 Å². The van der Waals surface area contributed by atoms with Gasteiger partial charge in [-0.1, -0.05) is 49.4 Å². The van der Waals surface area contributed by atoms with E-state index >= 15 is 0 Å². The quantitative estimate of drug-likeness (QED) is 0.476. The molecule has 0 aromatic heterocycles. The summed E-state index contributed by atoms with van der Waals surface area (Å²) in [5, 5.41) is 0. The molecule has 0 spiro atoms. The molecule has 1 saturated heterocycles. The van der Waals surface area contributed by atoms with Gasteiger partial charge in [-0.2, -0.15) is 0 Å². The molecular weight excluding hydrogens is 406 g/mol. The Morgan fingerprint density at radius 1 is 0.818 bits per heavy atom. The van der Waals surface area contributed by atoms with Crippen LogP contribution in [0.1, 0.15) is 41.3 Å². The Bertz CT molecular complexity index is 1020. The molecule has 0 N–H and O–H groups in total. The number of amides is 1. The van der Waals surface area contributed by atoms with E-state index in [9.17, 15) is 4.79 Å². The molecule has 3 aromatic rings. The Kier molecular flexibility index (Phi) is 7.46. The largest absolute Gasteiger partial charge is 0.378 e. The molecule has 3 aromatic carbocycles. The number of hydrogen-bond donors (Lipinski definition) is 0. The fraction of sp³-hybridized carbons (Fsp3) is 0.345. The second-order valence-electron chi connectivity index (χ2n) is 9.13. The van der Waals surface area contributed by atoms with Gasteiger partial charge >= 0.3 is 0 Å². The number of anilines is 2. The van der Waals surface area contributed by atoms with Crippen LogP contribution in [-0.2, 0) is 13.0 Å². The van der Waals surface area contributed by atoms with Crippen molar-refractivity contribution in [3.05, 3.63) is 95.6 Å². The highest BCUT2D eigenvalue weighted by Crippen LogP contribution is 2.27. The van der Waals surface area contributed by atoms with Gasteiger partial charge in [0.1, 0.15) is 0 Å². The molecule has 4 heteroatoms. The number of piperidine rings is 1. The molecule has 1 aliphatic rings. The van der Waals surface area contributed by atoms with E-state index in [1.165, 1.54) is 16.8 Å². The van der Waals surface area contributed by atoms with Gasteiger partial charge in [-0.25, -0.2) is 0 Å². The van der Waals surface area contributed by atoms with Crippen LogP contribution in [0.4, 0.5) is 11.4 Å². The lowest BCUT2D eigenvalue weighted by Gasteiger charge is -2.39. The molecule has 1 aliphatic heterocycles. The van der Waals surface area contributed by atoms with E-state index in [1.807, 2.05) is 35.2 Å². The second kappa shape index (κ2) is 10.7. The smallest absolute Gasteiger partial charge is 0.258 e. The van der Waals surface area contributed by atoms with E-state index in [4.69, 9.17) is 0 Å². The van der Waals surface area contributed by atoms with Crippen LogP contribution in [0.5, 0.6) is 0 Å². The van der Waals surface area contributed by atoms with Gasteiger partial charge in [-0.05, 0) is 66.8 Å². The standard InChI is InChI=1S/C29H35N3O/c1-4-23-10-16-27(17-11-23)32(29(33)25-8-6-5-7-9-25)28-18-20-31(21-19-28)22-24-12-14-26(15-13-24)30(2)3/h5-17,28H,4,18-22H2,1-3H3. The summed E-state index contributed by atoms with van der Waals surface area (Å²) in [6.45, 7) is 5.10. The molecule has 0 unspecified atom stereocenters. The van der Waals surface area contributed by atoms with Crippen molar-refractivity contribution in [3.8, 4) is 0 Å². The van der Waals surface area contributed by atoms with Gasteiger partial charge in [0.2, 0.25) is 0 Å². The van der Waals surface area contributed by atoms with E-state index in [1.54, 1.807) is 0 Å². The van der Waals surface area contributed by atoms with Crippen molar-refractivity contribution in [3.63, 3.8) is 0 Å². The summed E-state index contributed by atoms with van der Waals surface area (Å²) in [6, 6.07) is 27.2. The molecule has 0 bridgehead atoms. The molecule has 1 fully saturated rings. The number of likely N-dealkylation sites (tertiary alicyclic amines) is 1. The average molecular weight is 442 g/mol. The van der Waals surface area contributed by atoms with Crippen molar-refractivity contribution in [2.75, 3.05) is 37.0 Å². The summed E-state index contributed by atoms with van der Waals surface area (Å²) >= 11 is 0. The predicted molar refractivity (Wildman–Crippen MR) is 138 cm³/mol. The third-order valence-electron chi connectivity index (χ3n) is 6.64. The van der Waals surface area contributed by atoms with Crippen molar-refractivity contribution in [1.82, 2.24) is 4.90 Å². The average Bonchev–Trinajstić information content (AvgIpc) is 2.86. The van der Waals surface area contributed by atoms with Crippen molar-refractivity contribution in [1.29, 1.82) is 0 Å². The van der Waals surface area contributed by atoms with Crippen LogP contribution in [0.2, 0.25) is 0 Å². The lowest BCUT2D eigenvalue weighted by molar-refractivity contribution is 0.0958. The lowest BCUT2D eigenvalue weighted by Crippen LogP contribution is -2.47. The zero-order chi connectivity index (χ0) is 23.2. The molecule has 172 valence electrons. The van der Waals surface area contributed by atoms with Crippen molar-refractivity contribution in [2.45, 2.75) is 38.8 Å². The summed E-state index contributed by atoms with van der Waals surface area (Å²) < 4.78 is 0. The van der Waals surface area contributed by atoms with E-state index in [0.29, 0.717) is 0 Å². The monoisotopic (exact) mass is 441 g/mol. The molecule has 33 heavy (non-hydrogen) atoms. The first-order valence-corrected chi connectivity index (χ1v) is 12.0. The summed E-state index contributed by atoms with van der Waals surface area (Å²) in [7, 11) is 4.14. The predicted octanol–water partition coefficient (Wildman–Crippen LogP) is 5.63. The van der Waals surface area contributed by atoms with Gasteiger partial charge in [-0.3, -0.25) is 9.69 Å². The van der Waals surface area contributed by atoms with E-state index in [0.717, 1.165) is 50.1 Å². The third kappa shape index (κ3) is 5.63. The van der Waals surface area contributed by atoms with Crippen LogP contribution in [0.25, 0.3) is 0 Å². The highest BCUT2D eigenvalue weighted by atomic mass is 16.2. The molecule has 0 atom stereocenters. The summed E-state index contributed by atoms with van der Waals surface area (Å²) in [4.78, 5) is 20.2. The molecular formula is C29H35N3O. The zero-order valence-electron chi connectivity index (χ0n) is 20.1.